The van der Waals surface area contributed by atoms with Crippen LogP contribution in [0, 0.1) is 0 Å². The van der Waals surface area contributed by atoms with Crippen molar-refractivity contribution in [3.8, 4) is 0 Å². The largest absolute Gasteiger partial charge is 0.376 e. The van der Waals surface area contributed by atoms with Gasteiger partial charge in [-0.2, -0.15) is 0 Å². The van der Waals surface area contributed by atoms with Crippen molar-refractivity contribution in [3.63, 3.8) is 0 Å². The maximum Gasteiger partial charge on any atom is 0.317 e. The Bertz CT molecular complexity index is 425. The van der Waals surface area contributed by atoms with E-state index >= 15 is 0 Å². The molecule has 1 aromatic heterocycles. The smallest absolute Gasteiger partial charge is 0.317 e. The molecule has 5 nitrogen and oxygen atoms in total. The maximum absolute atomic E-state index is 12.2. The molecule has 0 saturated carbocycles. The summed E-state index contributed by atoms with van der Waals surface area (Å²) in [6.07, 6.45) is 7.68. The van der Waals surface area contributed by atoms with Crippen LogP contribution in [0.15, 0.2) is 24.5 Å². The number of piperidine rings is 1. The SMILES string of the molecule is CCCO[C@H]1CCCN(C(=O)NCCc2ccncc2)C1. The Kier molecular flexibility index (Phi) is 6.47. The van der Waals surface area contributed by atoms with Gasteiger partial charge < -0.3 is 15.0 Å². The van der Waals surface area contributed by atoms with Gasteiger partial charge in [-0.15, -0.1) is 0 Å². The quantitative estimate of drug-likeness (QED) is 0.874. The first kappa shape index (κ1) is 15.8. The molecule has 1 N–H and O–H groups in total. The molecule has 1 aromatic rings. The molecule has 2 rings (SSSR count). The standard InChI is InChI=1S/C16H25N3O2/c1-2-12-21-15-4-3-11-19(13-15)16(20)18-10-7-14-5-8-17-9-6-14/h5-6,8-9,15H,2-4,7,10-13H2,1H3,(H,18,20)/t15-/m0/s1. The van der Waals surface area contributed by atoms with Gasteiger partial charge in [-0.3, -0.25) is 4.98 Å². The Morgan fingerprint density at radius 2 is 2.29 bits per heavy atom. The van der Waals surface area contributed by atoms with Crippen molar-refractivity contribution >= 4 is 6.03 Å². The zero-order valence-electron chi connectivity index (χ0n) is 12.8. The minimum Gasteiger partial charge on any atom is -0.376 e. The van der Waals surface area contributed by atoms with Crippen LogP contribution in [0.25, 0.3) is 0 Å². The van der Waals surface area contributed by atoms with Gasteiger partial charge in [-0.05, 0) is 43.4 Å². The molecule has 0 aromatic carbocycles. The average molecular weight is 291 g/mol. The lowest BCUT2D eigenvalue weighted by Gasteiger charge is -2.32. The van der Waals surface area contributed by atoms with Crippen molar-refractivity contribution in [2.45, 2.75) is 38.7 Å². The van der Waals surface area contributed by atoms with Crippen LogP contribution in [-0.4, -0.2) is 48.3 Å². The Morgan fingerprint density at radius 1 is 1.48 bits per heavy atom. The second kappa shape index (κ2) is 8.62. The number of urea groups is 1. The Hall–Kier alpha value is -1.62. The Morgan fingerprint density at radius 3 is 3.05 bits per heavy atom. The molecule has 1 saturated heterocycles. The first-order valence-corrected chi connectivity index (χ1v) is 7.83. The highest BCUT2D eigenvalue weighted by Crippen LogP contribution is 2.13. The van der Waals surface area contributed by atoms with Crippen molar-refractivity contribution in [1.82, 2.24) is 15.2 Å². The molecule has 116 valence electrons. The molecule has 1 fully saturated rings. The first-order chi connectivity index (χ1) is 10.3. The number of rotatable bonds is 6. The summed E-state index contributed by atoms with van der Waals surface area (Å²) in [5.74, 6) is 0. The van der Waals surface area contributed by atoms with E-state index in [0.29, 0.717) is 13.1 Å². The van der Waals surface area contributed by atoms with Crippen molar-refractivity contribution in [3.05, 3.63) is 30.1 Å². The molecular weight excluding hydrogens is 266 g/mol. The maximum atomic E-state index is 12.2. The van der Waals surface area contributed by atoms with Crippen LogP contribution in [0.4, 0.5) is 4.79 Å². The van der Waals surface area contributed by atoms with E-state index in [2.05, 4.69) is 17.2 Å². The van der Waals surface area contributed by atoms with Gasteiger partial charge in [-0.1, -0.05) is 6.92 Å². The van der Waals surface area contributed by atoms with Crippen LogP contribution in [0.5, 0.6) is 0 Å². The number of likely N-dealkylation sites (tertiary alicyclic amines) is 1. The number of carbonyl (C=O) groups is 1. The van der Waals surface area contributed by atoms with Crippen molar-refractivity contribution in [2.75, 3.05) is 26.2 Å². The number of aromatic nitrogens is 1. The van der Waals surface area contributed by atoms with Crippen LogP contribution < -0.4 is 5.32 Å². The van der Waals surface area contributed by atoms with Gasteiger partial charge in [0.25, 0.3) is 0 Å². The summed E-state index contributed by atoms with van der Waals surface area (Å²) in [6.45, 7) is 5.07. The predicted octanol–water partition coefficient (Wildman–Crippen LogP) is 2.22. The number of nitrogens with one attached hydrogen (secondary N) is 1. The van der Waals surface area contributed by atoms with E-state index in [0.717, 1.165) is 38.8 Å². The highest BCUT2D eigenvalue weighted by molar-refractivity contribution is 5.74. The van der Waals surface area contributed by atoms with Crippen LogP contribution in [0.3, 0.4) is 0 Å². The molecule has 0 bridgehead atoms. The van der Waals surface area contributed by atoms with E-state index in [-0.39, 0.29) is 12.1 Å². The third-order valence-corrected chi connectivity index (χ3v) is 3.66. The van der Waals surface area contributed by atoms with Gasteiger partial charge in [0.05, 0.1) is 6.10 Å². The van der Waals surface area contributed by atoms with Crippen LogP contribution in [0.2, 0.25) is 0 Å². The molecule has 21 heavy (non-hydrogen) atoms. The van der Waals surface area contributed by atoms with Crippen molar-refractivity contribution in [2.24, 2.45) is 0 Å². The van der Waals surface area contributed by atoms with E-state index in [1.165, 1.54) is 5.56 Å². The third-order valence-electron chi connectivity index (χ3n) is 3.66. The van der Waals surface area contributed by atoms with E-state index in [4.69, 9.17) is 4.74 Å². The molecule has 0 spiro atoms. The minimum atomic E-state index is 0.0221. The highest BCUT2D eigenvalue weighted by Gasteiger charge is 2.23. The van der Waals surface area contributed by atoms with Gasteiger partial charge in [0.1, 0.15) is 0 Å². The molecule has 1 aliphatic heterocycles. The van der Waals surface area contributed by atoms with Gasteiger partial charge in [0.2, 0.25) is 0 Å². The highest BCUT2D eigenvalue weighted by atomic mass is 16.5. The summed E-state index contributed by atoms with van der Waals surface area (Å²) in [4.78, 5) is 18.0. The predicted molar refractivity (Wildman–Crippen MR) is 82.2 cm³/mol. The number of hydrogen-bond donors (Lipinski definition) is 1. The monoisotopic (exact) mass is 291 g/mol. The summed E-state index contributed by atoms with van der Waals surface area (Å²) in [6, 6.07) is 3.97. The molecule has 0 unspecified atom stereocenters. The topological polar surface area (TPSA) is 54.5 Å². The Balaban J connectivity index is 1.70. The number of nitrogens with zero attached hydrogens (tertiary/aromatic N) is 2. The van der Waals surface area contributed by atoms with Crippen LogP contribution >= 0.6 is 0 Å². The summed E-state index contributed by atoms with van der Waals surface area (Å²) in [5, 5.41) is 2.99. The summed E-state index contributed by atoms with van der Waals surface area (Å²) < 4.78 is 5.76. The summed E-state index contributed by atoms with van der Waals surface area (Å²) in [5.41, 5.74) is 1.19. The summed E-state index contributed by atoms with van der Waals surface area (Å²) >= 11 is 0. The van der Waals surface area contributed by atoms with Crippen LogP contribution in [-0.2, 0) is 11.2 Å². The van der Waals surface area contributed by atoms with E-state index < -0.39 is 0 Å². The molecule has 5 heteroatoms. The molecule has 1 aliphatic rings. The fourth-order valence-electron chi connectivity index (χ4n) is 2.52. The molecule has 2 amide bonds. The van der Waals surface area contributed by atoms with Crippen LogP contribution in [0.1, 0.15) is 31.7 Å². The third kappa shape index (κ3) is 5.34. The second-order valence-corrected chi connectivity index (χ2v) is 5.42. The average Bonchev–Trinajstić information content (AvgIpc) is 2.54. The molecule has 0 aliphatic carbocycles. The normalized spacial score (nSPS) is 18.5. The molecule has 0 radical (unpaired) electrons. The lowest BCUT2D eigenvalue weighted by Crippen LogP contribution is -2.48. The van der Waals surface area contributed by atoms with E-state index in [9.17, 15) is 4.79 Å². The fourth-order valence-corrected chi connectivity index (χ4v) is 2.52. The first-order valence-electron chi connectivity index (χ1n) is 7.83. The van der Waals surface area contributed by atoms with Gasteiger partial charge in [-0.25, -0.2) is 4.79 Å². The van der Waals surface area contributed by atoms with Gasteiger partial charge >= 0.3 is 6.03 Å². The minimum absolute atomic E-state index is 0.0221. The zero-order chi connectivity index (χ0) is 14.9. The summed E-state index contributed by atoms with van der Waals surface area (Å²) in [7, 11) is 0. The Labute approximate surface area is 126 Å². The molecule has 1 atom stereocenters. The van der Waals surface area contributed by atoms with Crippen molar-refractivity contribution < 1.29 is 9.53 Å². The van der Waals surface area contributed by atoms with Gasteiger partial charge in [0, 0.05) is 38.6 Å². The molecular formula is C16H25N3O2. The number of carbonyl (C=O) groups excluding carboxylic acids is 1. The van der Waals surface area contributed by atoms with Gasteiger partial charge in [0.15, 0.2) is 0 Å². The fraction of sp³-hybridized carbons (Fsp3) is 0.625. The second-order valence-electron chi connectivity index (χ2n) is 5.42. The lowest BCUT2D eigenvalue weighted by atomic mass is 10.1. The number of pyridine rings is 1. The number of amides is 2. The van der Waals surface area contributed by atoms with Crippen molar-refractivity contribution in [1.29, 1.82) is 0 Å². The number of ether oxygens (including phenoxy) is 1. The molecule has 2 heterocycles. The number of hydrogen-bond acceptors (Lipinski definition) is 3. The lowest BCUT2D eigenvalue weighted by molar-refractivity contribution is 0.0101. The van der Waals surface area contributed by atoms with E-state index in [1.54, 1.807) is 12.4 Å². The van der Waals surface area contributed by atoms with E-state index in [1.807, 2.05) is 17.0 Å². The zero-order valence-corrected chi connectivity index (χ0v) is 12.8.